The molecule has 1 atom stereocenters. The number of aliphatic hydroxyl groups is 1. The quantitative estimate of drug-likeness (QED) is 0.809. The molecule has 2 aromatic rings. The van der Waals surface area contributed by atoms with Gasteiger partial charge in [-0.25, -0.2) is 0 Å². The van der Waals surface area contributed by atoms with Crippen molar-refractivity contribution in [3.63, 3.8) is 0 Å². The topological polar surface area (TPSA) is 33.1 Å². The second kappa shape index (κ2) is 3.41. The maximum atomic E-state index is 11.0. The molecule has 0 bridgehead atoms. The van der Waals surface area contributed by atoms with Crippen LogP contribution in [0.2, 0.25) is 0 Å². The summed E-state index contributed by atoms with van der Waals surface area (Å²) in [5, 5.41) is 11.0. The lowest BCUT2D eigenvalue weighted by atomic mass is 9.82. The fourth-order valence-electron chi connectivity index (χ4n) is 2.72. The molecule has 0 amide bonds. The van der Waals surface area contributed by atoms with Gasteiger partial charge in [0.1, 0.15) is 5.60 Å². The van der Waals surface area contributed by atoms with Gasteiger partial charge in [0.15, 0.2) is 0 Å². The number of rotatable bonds is 1. The molecule has 0 saturated carbocycles. The molecule has 1 N–H and O–H groups in total. The average molecular weight is 225 g/mol. The molecule has 1 aromatic heterocycles. The average Bonchev–Trinajstić information content (AvgIpc) is 2.63. The van der Waals surface area contributed by atoms with Crippen LogP contribution in [0.25, 0.3) is 11.3 Å². The number of fused-ring (bicyclic) bond motifs is 3. The Bertz CT molecular complexity index is 529. The number of aromatic nitrogens is 1. The smallest absolute Gasteiger partial charge is 0.120 e. The van der Waals surface area contributed by atoms with Crippen molar-refractivity contribution in [1.29, 1.82) is 0 Å². The van der Waals surface area contributed by atoms with Crippen molar-refractivity contribution in [3.05, 3.63) is 53.7 Å². The van der Waals surface area contributed by atoms with Gasteiger partial charge < -0.3 is 5.11 Å². The lowest BCUT2D eigenvalue weighted by molar-refractivity contribution is 0.0362. The molecular formula is C15H15NO. The monoisotopic (exact) mass is 225 g/mol. The fraction of sp³-hybridized carbons (Fsp3) is 0.267. The van der Waals surface area contributed by atoms with Crippen molar-refractivity contribution in [3.8, 4) is 11.3 Å². The van der Waals surface area contributed by atoms with Gasteiger partial charge in [-0.05, 0) is 17.5 Å². The second-order valence-corrected chi connectivity index (χ2v) is 4.87. The van der Waals surface area contributed by atoms with E-state index in [4.69, 9.17) is 0 Å². The molecule has 0 radical (unpaired) electrons. The van der Waals surface area contributed by atoms with E-state index in [9.17, 15) is 5.11 Å². The van der Waals surface area contributed by atoms with E-state index in [1.54, 1.807) is 6.20 Å². The Morgan fingerprint density at radius 1 is 1.06 bits per heavy atom. The molecule has 0 fully saturated rings. The van der Waals surface area contributed by atoms with Gasteiger partial charge in [0.2, 0.25) is 0 Å². The van der Waals surface area contributed by atoms with Crippen LogP contribution in [0.3, 0.4) is 0 Å². The van der Waals surface area contributed by atoms with Crippen LogP contribution in [0.1, 0.15) is 25.0 Å². The minimum atomic E-state index is -0.903. The van der Waals surface area contributed by atoms with Gasteiger partial charge in [-0.15, -0.1) is 0 Å². The molecule has 2 nitrogen and oxygen atoms in total. The van der Waals surface area contributed by atoms with Crippen molar-refractivity contribution >= 4 is 0 Å². The highest BCUT2D eigenvalue weighted by Crippen LogP contribution is 2.49. The molecule has 0 unspecified atom stereocenters. The van der Waals surface area contributed by atoms with Crippen LogP contribution in [0.15, 0.2) is 42.6 Å². The molecule has 0 saturated heterocycles. The highest BCUT2D eigenvalue weighted by atomic mass is 16.3. The van der Waals surface area contributed by atoms with Crippen LogP contribution in [-0.4, -0.2) is 10.1 Å². The Morgan fingerprint density at radius 3 is 2.53 bits per heavy atom. The van der Waals surface area contributed by atoms with Crippen molar-refractivity contribution in [2.24, 2.45) is 5.92 Å². The predicted molar refractivity (Wildman–Crippen MR) is 67.5 cm³/mol. The first-order chi connectivity index (χ1) is 8.15. The third-order valence-corrected chi connectivity index (χ3v) is 3.65. The van der Waals surface area contributed by atoms with Gasteiger partial charge in [-0.1, -0.05) is 44.2 Å². The minimum Gasteiger partial charge on any atom is -0.380 e. The standard InChI is InChI=1S/C15H15NO/c1-10(2)15(17)12-7-4-3-6-11(12)14-13(15)8-5-9-16-14/h3-10,17H,1-2H3/t15-/m0/s1. The highest BCUT2D eigenvalue weighted by molar-refractivity contribution is 5.77. The van der Waals surface area contributed by atoms with Crippen molar-refractivity contribution in [2.45, 2.75) is 19.4 Å². The zero-order chi connectivity index (χ0) is 12.0. The van der Waals surface area contributed by atoms with Gasteiger partial charge in [-0.3, -0.25) is 4.98 Å². The first kappa shape index (κ1) is 10.5. The molecule has 17 heavy (non-hydrogen) atoms. The summed E-state index contributed by atoms with van der Waals surface area (Å²) in [6, 6.07) is 11.8. The van der Waals surface area contributed by atoms with E-state index in [-0.39, 0.29) is 5.92 Å². The molecule has 1 aliphatic carbocycles. The molecular weight excluding hydrogens is 210 g/mol. The van der Waals surface area contributed by atoms with Gasteiger partial charge in [0.05, 0.1) is 5.69 Å². The Labute approximate surface area is 101 Å². The Kier molecular flexibility index (Phi) is 2.10. The maximum absolute atomic E-state index is 11.0. The Hall–Kier alpha value is -1.67. The van der Waals surface area contributed by atoms with Crippen molar-refractivity contribution in [2.75, 3.05) is 0 Å². The molecule has 3 rings (SSSR count). The van der Waals surface area contributed by atoms with E-state index in [0.717, 1.165) is 22.4 Å². The van der Waals surface area contributed by atoms with Crippen LogP contribution in [-0.2, 0) is 5.60 Å². The lowest BCUT2D eigenvalue weighted by Crippen LogP contribution is -2.31. The first-order valence-corrected chi connectivity index (χ1v) is 5.93. The number of nitrogens with zero attached hydrogens (tertiary/aromatic N) is 1. The number of hydrogen-bond acceptors (Lipinski definition) is 2. The summed E-state index contributed by atoms with van der Waals surface area (Å²) in [6.07, 6.45) is 1.78. The van der Waals surface area contributed by atoms with Gasteiger partial charge in [-0.2, -0.15) is 0 Å². The first-order valence-electron chi connectivity index (χ1n) is 5.93. The molecule has 1 heterocycles. The summed E-state index contributed by atoms with van der Waals surface area (Å²) in [7, 11) is 0. The third kappa shape index (κ3) is 1.22. The maximum Gasteiger partial charge on any atom is 0.120 e. The zero-order valence-corrected chi connectivity index (χ0v) is 10.0. The summed E-state index contributed by atoms with van der Waals surface area (Å²) >= 11 is 0. The third-order valence-electron chi connectivity index (χ3n) is 3.65. The Morgan fingerprint density at radius 2 is 1.76 bits per heavy atom. The fourth-order valence-corrected chi connectivity index (χ4v) is 2.72. The molecule has 2 heteroatoms. The van der Waals surface area contributed by atoms with Crippen molar-refractivity contribution < 1.29 is 5.11 Å². The molecule has 86 valence electrons. The number of pyridine rings is 1. The Balaban J connectivity index is 2.39. The van der Waals surface area contributed by atoms with E-state index in [1.165, 1.54) is 0 Å². The summed E-state index contributed by atoms with van der Waals surface area (Å²) in [5.74, 6) is 0.120. The van der Waals surface area contributed by atoms with Crippen LogP contribution in [0.4, 0.5) is 0 Å². The van der Waals surface area contributed by atoms with E-state index in [2.05, 4.69) is 4.98 Å². The van der Waals surface area contributed by atoms with Crippen LogP contribution in [0.5, 0.6) is 0 Å². The van der Waals surface area contributed by atoms with E-state index < -0.39 is 5.60 Å². The van der Waals surface area contributed by atoms with E-state index in [0.29, 0.717) is 0 Å². The van der Waals surface area contributed by atoms with Crippen LogP contribution >= 0.6 is 0 Å². The summed E-state index contributed by atoms with van der Waals surface area (Å²) in [5.41, 5.74) is 2.97. The van der Waals surface area contributed by atoms with Gasteiger partial charge in [0.25, 0.3) is 0 Å². The van der Waals surface area contributed by atoms with E-state index >= 15 is 0 Å². The van der Waals surface area contributed by atoms with Crippen LogP contribution in [0, 0.1) is 5.92 Å². The zero-order valence-electron chi connectivity index (χ0n) is 10.0. The number of benzene rings is 1. The van der Waals surface area contributed by atoms with E-state index in [1.807, 2.05) is 50.2 Å². The summed E-state index contributed by atoms with van der Waals surface area (Å²) < 4.78 is 0. The SMILES string of the molecule is CC(C)[C@]1(O)c2ccccc2-c2ncccc21. The summed E-state index contributed by atoms with van der Waals surface area (Å²) in [4.78, 5) is 4.42. The minimum absolute atomic E-state index is 0.120. The molecule has 0 spiro atoms. The predicted octanol–water partition coefficient (Wildman–Crippen LogP) is 2.95. The second-order valence-electron chi connectivity index (χ2n) is 4.87. The normalized spacial score (nSPS) is 21.4. The lowest BCUT2D eigenvalue weighted by Gasteiger charge is -2.29. The molecule has 1 aromatic carbocycles. The molecule has 0 aliphatic heterocycles. The van der Waals surface area contributed by atoms with Gasteiger partial charge >= 0.3 is 0 Å². The largest absolute Gasteiger partial charge is 0.380 e. The van der Waals surface area contributed by atoms with Crippen LogP contribution < -0.4 is 0 Å². The van der Waals surface area contributed by atoms with Gasteiger partial charge in [0, 0.05) is 17.3 Å². The summed E-state index contributed by atoms with van der Waals surface area (Å²) in [6.45, 7) is 4.08. The van der Waals surface area contributed by atoms with Crippen molar-refractivity contribution in [1.82, 2.24) is 4.98 Å². The highest BCUT2D eigenvalue weighted by Gasteiger charge is 2.44. The number of hydrogen-bond donors (Lipinski definition) is 1. The molecule has 1 aliphatic rings.